The summed E-state index contributed by atoms with van der Waals surface area (Å²) in [5.74, 6) is 0.799. The summed E-state index contributed by atoms with van der Waals surface area (Å²) >= 11 is 7.85. The Morgan fingerprint density at radius 1 is 1.14 bits per heavy atom. The average molecular weight is 559 g/mol. The largest absolute Gasteiger partial charge is 0.491 e. The molecule has 0 bridgehead atoms. The summed E-state index contributed by atoms with van der Waals surface area (Å²) in [6, 6.07) is 14.1. The standard InChI is InChI=1S/C28H31ClN2O4S2/c1-19-3-8-23(9-4-19)37(33,34)30(16-21-5-6-21)17-28(32)31-13-11-27-24(12-14-36-27)26(31)18-35-22-7-10-25(29)20(2)15-22/h3-4,7-10,12,14-15,21,26H,5-6,11,13,16-18H2,1-2H3/t26-/m0/s1. The molecule has 1 saturated carbocycles. The Morgan fingerprint density at radius 2 is 1.89 bits per heavy atom. The highest BCUT2D eigenvalue weighted by Crippen LogP contribution is 2.35. The molecule has 6 nitrogen and oxygen atoms in total. The van der Waals surface area contributed by atoms with E-state index in [0.29, 0.717) is 29.8 Å². The van der Waals surface area contributed by atoms with Crippen molar-refractivity contribution in [2.24, 2.45) is 5.92 Å². The van der Waals surface area contributed by atoms with Crippen molar-refractivity contribution < 1.29 is 17.9 Å². The maximum atomic E-state index is 13.7. The molecule has 1 amide bonds. The van der Waals surface area contributed by atoms with Crippen LogP contribution in [0.2, 0.25) is 5.02 Å². The van der Waals surface area contributed by atoms with Crippen molar-refractivity contribution in [2.75, 3.05) is 26.2 Å². The number of fused-ring (bicyclic) bond motifs is 1. The van der Waals surface area contributed by atoms with Gasteiger partial charge in [-0.25, -0.2) is 8.42 Å². The van der Waals surface area contributed by atoms with Gasteiger partial charge in [-0.2, -0.15) is 4.31 Å². The van der Waals surface area contributed by atoms with Crippen molar-refractivity contribution in [3.05, 3.63) is 80.5 Å². The van der Waals surface area contributed by atoms with Gasteiger partial charge in [-0.3, -0.25) is 4.79 Å². The van der Waals surface area contributed by atoms with Crippen LogP contribution in [-0.4, -0.2) is 49.8 Å². The highest BCUT2D eigenvalue weighted by molar-refractivity contribution is 7.89. The smallest absolute Gasteiger partial charge is 0.243 e. The first-order valence-corrected chi connectivity index (χ1v) is 15.2. The second-order valence-electron chi connectivity index (χ2n) is 9.93. The third-order valence-corrected chi connectivity index (χ3v) is 10.3. The zero-order valence-electron chi connectivity index (χ0n) is 21.0. The molecule has 9 heteroatoms. The summed E-state index contributed by atoms with van der Waals surface area (Å²) < 4.78 is 34.6. The van der Waals surface area contributed by atoms with Crippen molar-refractivity contribution in [1.82, 2.24) is 9.21 Å². The zero-order chi connectivity index (χ0) is 26.2. The lowest BCUT2D eigenvalue weighted by Crippen LogP contribution is -2.48. The molecule has 0 saturated heterocycles. The number of amides is 1. The van der Waals surface area contributed by atoms with Crippen molar-refractivity contribution in [1.29, 1.82) is 0 Å². The lowest BCUT2D eigenvalue weighted by molar-refractivity contribution is -0.135. The molecular weight excluding hydrogens is 528 g/mol. The van der Waals surface area contributed by atoms with Crippen LogP contribution in [0.1, 0.15) is 40.5 Å². The molecule has 1 atom stereocenters. The minimum absolute atomic E-state index is 0.178. The van der Waals surface area contributed by atoms with Crippen LogP contribution < -0.4 is 4.74 Å². The van der Waals surface area contributed by atoms with Crippen molar-refractivity contribution in [3.63, 3.8) is 0 Å². The van der Waals surface area contributed by atoms with Crippen LogP contribution >= 0.6 is 22.9 Å². The van der Waals surface area contributed by atoms with E-state index in [0.717, 1.165) is 36.0 Å². The molecule has 37 heavy (non-hydrogen) atoms. The Morgan fingerprint density at radius 3 is 2.59 bits per heavy atom. The van der Waals surface area contributed by atoms with E-state index in [1.165, 1.54) is 9.18 Å². The minimum atomic E-state index is -3.79. The fourth-order valence-corrected chi connectivity index (χ4v) is 7.21. The normalized spacial score (nSPS) is 17.6. The SMILES string of the molecule is Cc1ccc(S(=O)(=O)N(CC(=O)N2CCc3sccc3[C@@H]2COc2ccc(Cl)c(C)c2)CC2CC2)cc1. The van der Waals surface area contributed by atoms with E-state index < -0.39 is 10.0 Å². The molecule has 2 heterocycles. The van der Waals surface area contributed by atoms with Gasteiger partial charge in [-0.15, -0.1) is 11.3 Å². The van der Waals surface area contributed by atoms with Crippen LogP contribution in [0.25, 0.3) is 0 Å². The zero-order valence-corrected chi connectivity index (χ0v) is 23.4. The molecule has 1 aromatic heterocycles. The van der Waals surface area contributed by atoms with Gasteiger partial charge in [0.2, 0.25) is 15.9 Å². The van der Waals surface area contributed by atoms with E-state index in [9.17, 15) is 13.2 Å². The van der Waals surface area contributed by atoms with Gasteiger partial charge in [0.1, 0.15) is 12.4 Å². The van der Waals surface area contributed by atoms with Gasteiger partial charge in [0.05, 0.1) is 17.5 Å². The Balaban J connectivity index is 1.37. The van der Waals surface area contributed by atoms with Gasteiger partial charge in [-0.1, -0.05) is 29.3 Å². The Labute approximate surface area is 227 Å². The third kappa shape index (κ3) is 5.87. The predicted molar refractivity (Wildman–Crippen MR) is 147 cm³/mol. The highest BCUT2D eigenvalue weighted by atomic mass is 35.5. The van der Waals surface area contributed by atoms with Crippen LogP contribution in [0.4, 0.5) is 0 Å². The van der Waals surface area contributed by atoms with Crippen LogP contribution in [0.3, 0.4) is 0 Å². The molecule has 5 rings (SSSR count). The van der Waals surface area contributed by atoms with E-state index in [4.69, 9.17) is 16.3 Å². The fourth-order valence-electron chi connectivity index (χ4n) is 4.69. The number of rotatable bonds is 9. The van der Waals surface area contributed by atoms with Gasteiger partial charge < -0.3 is 9.64 Å². The first-order chi connectivity index (χ1) is 17.7. The lowest BCUT2D eigenvalue weighted by Gasteiger charge is -2.37. The maximum absolute atomic E-state index is 13.7. The number of aryl methyl sites for hydroxylation is 2. The lowest BCUT2D eigenvalue weighted by atomic mass is 10.0. The van der Waals surface area contributed by atoms with Gasteiger partial charge in [0, 0.05) is 23.0 Å². The number of hydrogen-bond acceptors (Lipinski definition) is 5. The fraction of sp³-hybridized carbons (Fsp3) is 0.393. The van der Waals surface area contributed by atoms with Crippen LogP contribution in [0, 0.1) is 19.8 Å². The van der Waals surface area contributed by atoms with E-state index >= 15 is 0 Å². The number of sulfonamides is 1. The molecular formula is C28H31ClN2O4S2. The van der Waals surface area contributed by atoms with Crippen molar-refractivity contribution >= 4 is 38.9 Å². The van der Waals surface area contributed by atoms with E-state index in [-0.39, 0.29) is 30.0 Å². The van der Waals surface area contributed by atoms with Gasteiger partial charge >= 0.3 is 0 Å². The molecule has 1 fully saturated rings. The second kappa shape index (κ2) is 10.8. The van der Waals surface area contributed by atoms with Crippen molar-refractivity contribution in [2.45, 2.75) is 44.0 Å². The first-order valence-electron chi connectivity index (χ1n) is 12.5. The van der Waals surface area contributed by atoms with Gasteiger partial charge in [0.25, 0.3) is 0 Å². The summed E-state index contributed by atoms with van der Waals surface area (Å²) in [7, 11) is -3.79. The monoisotopic (exact) mass is 558 g/mol. The van der Waals surface area contributed by atoms with Gasteiger partial charge in [-0.05, 0) is 91.9 Å². The topological polar surface area (TPSA) is 66.9 Å². The molecule has 0 spiro atoms. The van der Waals surface area contributed by atoms with Crippen LogP contribution in [-0.2, 0) is 21.2 Å². The molecule has 0 radical (unpaired) electrons. The highest BCUT2D eigenvalue weighted by Gasteiger charge is 2.37. The number of nitrogens with zero attached hydrogens (tertiary/aromatic N) is 2. The summed E-state index contributed by atoms with van der Waals surface area (Å²) in [5, 5.41) is 2.71. The molecule has 2 aliphatic rings. The maximum Gasteiger partial charge on any atom is 0.243 e. The Hall–Kier alpha value is -2.39. The number of thiophene rings is 1. The van der Waals surface area contributed by atoms with Crippen LogP contribution in [0.15, 0.2) is 58.8 Å². The molecule has 2 aromatic carbocycles. The third-order valence-electron chi connectivity index (χ3n) is 7.08. The number of halogens is 1. The summed E-state index contributed by atoms with van der Waals surface area (Å²) in [5.41, 5.74) is 2.98. The van der Waals surface area contributed by atoms with E-state index in [2.05, 4.69) is 0 Å². The molecule has 1 aliphatic carbocycles. The number of carbonyl (C=O) groups is 1. The number of benzene rings is 2. The number of carbonyl (C=O) groups excluding carboxylic acids is 1. The number of hydrogen-bond donors (Lipinski definition) is 0. The molecule has 3 aromatic rings. The Kier molecular flexibility index (Phi) is 7.63. The van der Waals surface area contributed by atoms with Crippen LogP contribution in [0.5, 0.6) is 5.75 Å². The molecule has 0 N–H and O–H groups in total. The first kappa shape index (κ1) is 26.2. The van der Waals surface area contributed by atoms with Crippen molar-refractivity contribution in [3.8, 4) is 5.75 Å². The minimum Gasteiger partial charge on any atom is -0.491 e. The average Bonchev–Trinajstić information content (AvgIpc) is 3.56. The summed E-state index contributed by atoms with van der Waals surface area (Å²) in [4.78, 5) is 17.0. The Bertz CT molecular complexity index is 1380. The second-order valence-corrected chi connectivity index (χ2v) is 13.3. The summed E-state index contributed by atoms with van der Waals surface area (Å²) in [6.07, 6.45) is 2.74. The predicted octanol–water partition coefficient (Wildman–Crippen LogP) is 5.62. The van der Waals surface area contributed by atoms with E-state index in [1.807, 2.05) is 37.4 Å². The van der Waals surface area contributed by atoms with E-state index in [1.54, 1.807) is 46.6 Å². The molecule has 196 valence electrons. The number of ether oxygens (including phenoxy) is 1. The quantitative estimate of drug-likeness (QED) is 0.342. The summed E-state index contributed by atoms with van der Waals surface area (Å²) in [6.45, 7) is 4.84. The van der Waals surface area contributed by atoms with Gasteiger partial charge in [0.15, 0.2) is 0 Å². The molecule has 0 unspecified atom stereocenters. The molecule has 1 aliphatic heterocycles.